The van der Waals surface area contributed by atoms with Gasteiger partial charge in [-0.25, -0.2) is 14.8 Å². The first-order chi connectivity index (χ1) is 16.6. The van der Waals surface area contributed by atoms with Crippen molar-refractivity contribution in [3.63, 3.8) is 0 Å². The predicted molar refractivity (Wildman–Crippen MR) is 130 cm³/mol. The minimum absolute atomic E-state index is 0.302. The van der Waals surface area contributed by atoms with Crippen LogP contribution in [0.1, 0.15) is 18.4 Å². The minimum atomic E-state index is -0.545. The molecule has 0 unspecified atom stereocenters. The van der Waals surface area contributed by atoms with E-state index >= 15 is 0 Å². The Labute approximate surface area is 195 Å². The van der Waals surface area contributed by atoms with E-state index in [4.69, 9.17) is 4.98 Å². The summed E-state index contributed by atoms with van der Waals surface area (Å²) in [6.07, 6.45) is 3.54. The topological polar surface area (TPSA) is 102 Å². The maximum Gasteiger partial charge on any atom is 0.331 e. The third-order valence-electron chi connectivity index (χ3n) is 5.85. The number of aromatic nitrogens is 4. The van der Waals surface area contributed by atoms with Crippen molar-refractivity contribution in [2.75, 3.05) is 23.3 Å². The smallest absolute Gasteiger partial charge is 0.331 e. The Morgan fingerprint density at radius 2 is 1.56 bits per heavy atom. The number of nitrogens with zero attached hydrogens (tertiary/aromatic N) is 5. The van der Waals surface area contributed by atoms with E-state index in [1.54, 1.807) is 0 Å². The Kier molecular flexibility index (Phi) is 5.90. The molecule has 1 fully saturated rings. The summed E-state index contributed by atoms with van der Waals surface area (Å²) in [5.74, 6) is 0.423. The first kappa shape index (κ1) is 21.6. The minimum Gasteiger partial charge on any atom is -0.354 e. The van der Waals surface area contributed by atoms with E-state index in [0.29, 0.717) is 23.7 Å². The molecule has 1 amide bonds. The fourth-order valence-electron chi connectivity index (χ4n) is 4.14. The van der Waals surface area contributed by atoms with Crippen molar-refractivity contribution in [2.24, 2.45) is 0 Å². The quantitative estimate of drug-likeness (QED) is 0.478. The highest BCUT2D eigenvalue weighted by Gasteiger charge is 2.21. The van der Waals surface area contributed by atoms with Crippen molar-refractivity contribution in [3.05, 3.63) is 93.3 Å². The van der Waals surface area contributed by atoms with Crippen molar-refractivity contribution in [1.82, 2.24) is 19.1 Å². The lowest BCUT2D eigenvalue weighted by atomic mass is 10.2. The SMILES string of the molecule is O=C(Cn1c(=O)ccn(Cc2ccccc2)c1=O)Nc1nc2ccccc2nc1N1CCCC1. The number of para-hydroxylation sites is 2. The van der Waals surface area contributed by atoms with Crippen LogP contribution >= 0.6 is 0 Å². The number of hydrogen-bond acceptors (Lipinski definition) is 6. The molecule has 0 atom stereocenters. The van der Waals surface area contributed by atoms with Gasteiger partial charge < -0.3 is 10.2 Å². The second kappa shape index (κ2) is 9.30. The number of rotatable bonds is 6. The van der Waals surface area contributed by atoms with Gasteiger partial charge in [0.1, 0.15) is 6.54 Å². The number of hydrogen-bond donors (Lipinski definition) is 1. The first-order valence-electron chi connectivity index (χ1n) is 11.2. The fourth-order valence-corrected chi connectivity index (χ4v) is 4.14. The lowest BCUT2D eigenvalue weighted by Gasteiger charge is -2.20. The maximum atomic E-state index is 13.0. The molecular formula is C25H24N6O3. The van der Waals surface area contributed by atoms with Crippen LogP contribution in [0.15, 0.2) is 76.4 Å². The average Bonchev–Trinajstić information content (AvgIpc) is 3.39. The molecule has 9 heteroatoms. The summed E-state index contributed by atoms with van der Waals surface area (Å²) in [6.45, 7) is 1.55. The van der Waals surface area contributed by atoms with E-state index in [0.717, 1.165) is 41.6 Å². The Bertz CT molecular complexity index is 1460. The molecule has 2 aromatic carbocycles. The molecule has 1 N–H and O–H groups in total. The second-order valence-electron chi connectivity index (χ2n) is 8.26. The third kappa shape index (κ3) is 4.45. The van der Waals surface area contributed by atoms with Gasteiger partial charge in [0.2, 0.25) is 5.91 Å². The summed E-state index contributed by atoms with van der Waals surface area (Å²) in [4.78, 5) is 49.7. The van der Waals surface area contributed by atoms with Crippen LogP contribution < -0.4 is 21.5 Å². The summed E-state index contributed by atoms with van der Waals surface area (Å²) in [6, 6.07) is 18.2. The van der Waals surface area contributed by atoms with Crippen LogP contribution in [0.5, 0.6) is 0 Å². The largest absolute Gasteiger partial charge is 0.354 e. The molecule has 3 heterocycles. The highest BCUT2D eigenvalue weighted by atomic mass is 16.2. The maximum absolute atomic E-state index is 13.0. The monoisotopic (exact) mass is 456 g/mol. The van der Waals surface area contributed by atoms with Crippen molar-refractivity contribution in [3.8, 4) is 0 Å². The van der Waals surface area contributed by atoms with Gasteiger partial charge in [0, 0.05) is 25.4 Å². The fraction of sp³-hybridized carbons (Fsp3) is 0.240. The Hall–Kier alpha value is -4.27. The Morgan fingerprint density at radius 1 is 0.882 bits per heavy atom. The van der Waals surface area contributed by atoms with Crippen molar-refractivity contribution in [1.29, 1.82) is 0 Å². The summed E-state index contributed by atoms with van der Waals surface area (Å²) in [5.41, 5.74) is 1.24. The summed E-state index contributed by atoms with van der Waals surface area (Å²) < 4.78 is 2.35. The summed E-state index contributed by atoms with van der Waals surface area (Å²) in [5, 5.41) is 2.79. The summed E-state index contributed by atoms with van der Waals surface area (Å²) >= 11 is 0. The molecule has 0 spiro atoms. The van der Waals surface area contributed by atoms with Gasteiger partial charge in [-0.1, -0.05) is 42.5 Å². The van der Waals surface area contributed by atoms with Gasteiger partial charge in [-0.05, 0) is 30.5 Å². The summed E-state index contributed by atoms with van der Waals surface area (Å²) in [7, 11) is 0. The molecule has 0 aliphatic carbocycles. The number of carbonyl (C=O) groups is 1. The third-order valence-corrected chi connectivity index (χ3v) is 5.85. The highest BCUT2D eigenvalue weighted by Crippen LogP contribution is 2.27. The molecule has 34 heavy (non-hydrogen) atoms. The van der Waals surface area contributed by atoms with Crippen LogP contribution in [-0.4, -0.2) is 38.1 Å². The van der Waals surface area contributed by atoms with Gasteiger partial charge in [-0.2, -0.15) is 0 Å². The molecule has 2 aromatic heterocycles. The molecule has 1 aliphatic heterocycles. The highest BCUT2D eigenvalue weighted by molar-refractivity contribution is 5.94. The number of benzene rings is 2. The normalized spacial score (nSPS) is 13.4. The van der Waals surface area contributed by atoms with Crippen LogP contribution in [0, 0.1) is 0 Å². The molecule has 0 bridgehead atoms. The zero-order valence-corrected chi connectivity index (χ0v) is 18.6. The van der Waals surface area contributed by atoms with Crippen LogP contribution in [0.25, 0.3) is 11.0 Å². The number of amides is 1. The molecule has 172 valence electrons. The van der Waals surface area contributed by atoms with Gasteiger partial charge in [0.05, 0.1) is 17.6 Å². The zero-order valence-electron chi connectivity index (χ0n) is 18.6. The van der Waals surface area contributed by atoms with Gasteiger partial charge in [-0.15, -0.1) is 0 Å². The number of anilines is 2. The number of nitrogens with one attached hydrogen (secondary N) is 1. The molecule has 0 radical (unpaired) electrons. The Morgan fingerprint density at radius 3 is 2.29 bits per heavy atom. The van der Waals surface area contributed by atoms with E-state index in [9.17, 15) is 14.4 Å². The molecular weight excluding hydrogens is 432 g/mol. The average molecular weight is 457 g/mol. The second-order valence-corrected chi connectivity index (χ2v) is 8.26. The van der Waals surface area contributed by atoms with Gasteiger partial charge in [0.25, 0.3) is 5.56 Å². The first-order valence-corrected chi connectivity index (χ1v) is 11.2. The molecule has 1 aliphatic rings. The standard InChI is InChI=1S/C25H24N6O3/c32-21(17-31-22(33)12-15-30(25(31)34)16-18-8-2-1-3-9-18)28-23-24(29-13-6-7-14-29)27-20-11-5-4-10-19(20)26-23/h1-5,8-12,15H,6-7,13-14,16-17H2,(H,26,28,32). The predicted octanol–water partition coefficient (Wildman–Crippen LogP) is 2.24. The van der Waals surface area contributed by atoms with Gasteiger partial charge in [0.15, 0.2) is 11.6 Å². The van der Waals surface area contributed by atoms with E-state index < -0.39 is 23.7 Å². The number of fused-ring (bicyclic) bond motifs is 1. The van der Waals surface area contributed by atoms with Crippen LogP contribution in [-0.2, 0) is 17.9 Å². The van der Waals surface area contributed by atoms with Crippen LogP contribution in [0.4, 0.5) is 11.6 Å². The van der Waals surface area contributed by atoms with E-state index in [1.807, 2.05) is 54.6 Å². The lowest BCUT2D eigenvalue weighted by molar-refractivity contribution is -0.116. The van der Waals surface area contributed by atoms with Gasteiger partial charge in [-0.3, -0.25) is 18.7 Å². The number of carbonyl (C=O) groups excluding carboxylic acids is 1. The van der Waals surface area contributed by atoms with E-state index in [2.05, 4.69) is 15.2 Å². The lowest BCUT2D eigenvalue weighted by Crippen LogP contribution is -2.42. The van der Waals surface area contributed by atoms with Crippen molar-refractivity contribution >= 4 is 28.6 Å². The van der Waals surface area contributed by atoms with Gasteiger partial charge >= 0.3 is 5.69 Å². The molecule has 9 nitrogen and oxygen atoms in total. The Balaban J connectivity index is 1.42. The molecule has 0 saturated carbocycles. The van der Waals surface area contributed by atoms with E-state index in [-0.39, 0.29) is 0 Å². The van der Waals surface area contributed by atoms with E-state index in [1.165, 1.54) is 16.8 Å². The van der Waals surface area contributed by atoms with Crippen molar-refractivity contribution < 1.29 is 4.79 Å². The van der Waals surface area contributed by atoms with Crippen molar-refractivity contribution in [2.45, 2.75) is 25.9 Å². The molecule has 5 rings (SSSR count). The van der Waals surface area contributed by atoms with Crippen LogP contribution in [0.2, 0.25) is 0 Å². The molecule has 1 saturated heterocycles. The van der Waals surface area contributed by atoms with Crippen LogP contribution in [0.3, 0.4) is 0 Å². The molecule has 4 aromatic rings. The zero-order chi connectivity index (χ0) is 23.5.